The molecule has 0 saturated carbocycles. The van der Waals surface area contributed by atoms with Crippen molar-refractivity contribution in [1.29, 1.82) is 0 Å². The van der Waals surface area contributed by atoms with Crippen LogP contribution in [-0.2, 0) is 155 Å². The monoisotopic (exact) mass is 948 g/mol. The van der Waals surface area contributed by atoms with Gasteiger partial charge in [0.05, 0.1) is 105 Å². The van der Waals surface area contributed by atoms with Crippen molar-refractivity contribution in [3.05, 3.63) is 20.8 Å². The van der Waals surface area contributed by atoms with Crippen LogP contribution in [0.15, 0.2) is 0 Å². The van der Waals surface area contributed by atoms with Gasteiger partial charge in [-0.2, -0.15) is 0 Å². The maximum Gasteiger partial charge on any atom is 0.243 e. The van der Waals surface area contributed by atoms with Crippen LogP contribution in [0.4, 0.5) is 0 Å². The molecule has 287 valence electrons. The Morgan fingerprint density at radius 2 is 0.780 bits per heavy atom. The number of carbonyl (C=O) groups excluding carboxylic acids is 4. The van der Waals surface area contributed by atoms with Crippen LogP contribution in [0.1, 0.15) is 26.7 Å². The van der Waals surface area contributed by atoms with Crippen molar-refractivity contribution in [2.24, 2.45) is 11.1 Å². The second-order valence-electron chi connectivity index (χ2n) is 9.82. The van der Waals surface area contributed by atoms with Crippen LogP contribution in [0.2, 0.25) is 1.41 Å². The van der Waals surface area contributed by atoms with Gasteiger partial charge in [0.15, 0.2) is 19.1 Å². The van der Waals surface area contributed by atoms with Crippen molar-refractivity contribution in [3.63, 3.8) is 0 Å². The molecule has 0 rings (SSSR count). The SMILES string of the molecule is C.[3H]NC(=O)COCCOCC(COCCOCCNC(=O)C[CH2-])(COCCOCCNC(=O)C[CH2-])COCCOCCNC(=O)C[CH2-].[Y].[Y].[Y]. The van der Waals surface area contributed by atoms with Gasteiger partial charge in [0.1, 0.15) is 6.61 Å². The van der Waals surface area contributed by atoms with Crippen molar-refractivity contribution in [3.8, 4) is 0 Å². The minimum absolute atomic E-state index is 0. The summed E-state index contributed by atoms with van der Waals surface area (Å²) in [6.07, 6.45) is 0.478. The maximum absolute atomic E-state index is 11.3. The molecule has 50 heavy (non-hydrogen) atoms. The first-order valence-corrected chi connectivity index (χ1v) is 15.3. The van der Waals surface area contributed by atoms with Crippen LogP contribution in [0.3, 0.4) is 0 Å². The second kappa shape index (κ2) is 44.3. The fourth-order valence-electron chi connectivity index (χ4n) is 3.40. The Kier molecular flexibility index (Phi) is 51.0. The van der Waals surface area contributed by atoms with E-state index >= 15 is 0 Å². The van der Waals surface area contributed by atoms with Crippen molar-refractivity contribution >= 4 is 23.6 Å². The Bertz CT molecular complexity index is 751. The predicted molar refractivity (Wildman–Crippen MR) is 174 cm³/mol. The van der Waals surface area contributed by atoms with E-state index < -0.39 is 11.3 Å². The molecule has 5 N–H and O–H groups in total. The van der Waals surface area contributed by atoms with Gasteiger partial charge in [-0.15, -0.1) is 19.3 Å². The van der Waals surface area contributed by atoms with E-state index in [1.54, 1.807) is 5.73 Å². The molecule has 0 heterocycles. The standard InChI is InChI=1S/C30H55N4O12.CH4.3Y/c1-4-27(36)32-7-10-39-13-17-43-22-30(25-46-20-16-42-21-26(31)35,23-44-18-14-40-11-8-33-28(37)5-2)24-45-19-15-41-12-9-34-29(38)6-3;;;;/h1-25H2,(H2,31,35)(H,32,36)(H,33,37)(H,34,38);1H4;;;/q-3;;;;/i/hT. The summed E-state index contributed by atoms with van der Waals surface area (Å²) in [7, 11) is 0. The van der Waals surface area contributed by atoms with Gasteiger partial charge in [-0.1, -0.05) is 7.43 Å². The average Bonchev–Trinajstić information content (AvgIpc) is 3.08. The third-order valence-electron chi connectivity index (χ3n) is 5.74. The molecule has 0 fully saturated rings. The molecular weight excluding hydrogens is 887 g/mol. The number of nitrogens with two attached hydrogens (primary N) is 1. The molecule has 0 aromatic heterocycles. The molecule has 0 aliphatic rings. The fourth-order valence-corrected chi connectivity index (χ4v) is 3.40. The van der Waals surface area contributed by atoms with Gasteiger partial charge < -0.3 is 80.3 Å². The van der Waals surface area contributed by atoms with Crippen LogP contribution >= 0.6 is 0 Å². The first-order chi connectivity index (χ1) is 22.8. The summed E-state index contributed by atoms with van der Waals surface area (Å²) in [5.74, 6) is -1.04. The molecule has 0 aliphatic carbocycles. The van der Waals surface area contributed by atoms with E-state index in [2.05, 4.69) is 36.7 Å². The topological polar surface area (TPSA) is 204 Å². The molecule has 3 radical (unpaired) electrons. The zero-order valence-corrected chi connectivity index (χ0v) is 37.3. The number of hydrogen-bond acceptors (Lipinski definition) is 12. The summed E-state index contributed by atoms with van der Waals surface area (Å²) in [4.78, 5) is 45.1. The van der Waals surface area contributed by atoms with E-state index in [1.165, 1.54) is 0 Å². The molecule has 0 saturated heterocycles. The number of rotatable bonds is 34. The molecular formula is C31H59N4O12Y3-3. The Balaban J connectivity index is -0.00000176. The molecule has 0 spiro atoms. The third kappa shape index (κ3) is 40.1. The van der Waals surface area contributed by atoms with E-state index in [4.69, 9.17) is 39.3 Å². The van der Waals surface area contributed by atoms with Gasteiger partial charge in [-0.25, -0.2) is 0 Å². The second-order valence-corrected chi connectivity index (χ2v) is 9.82. The van der Waals surface area contributed by atoms with Gasteiger partial charge in [-0.05, 0) is 0 Å². The van der Waals surface area contributed by atoms with E-state index in [9.17, 15) is 19.2 Å². The van der Waals surface area contributed by atoms with Gasteiger partial charge in [-0.3, -0.25) is 19.2 Å². The number of hydrogen-bond donors (Lipinski definition) is 4. The number of nitrogens with one attached hydrogen (secondary N) is 3. The average molecular weight is 949 g/mol. The Morgan fingerprint density at radius 1 is 0.500 bits per heavy atom. The van der Waals surface area contributed by atoms with Gasteiger partial charge in [0.25, 0.3) is 0 Å². The Morgan fingerprint density at radius 3 is 1.06 bits per heavy atom. The van der Waals surface area contributed by atoms with E-state index in [-0.39, 0.29) is 209 Å². The van der Waals surface area contributed by atoms with E-state index in [0.717, 1.165) is 0 Å². The fraction of sp³-hybridized carbons (Fsp3) is 0.774. The number of carbonyl (C=O) groups is 4. The summed E-state index contributed by atoms with van der Waals surface area (Å²) in [6.45, 7) is 15.1. The molecule has 19 heteroatoms. The van der Waals surface area contributed by atoms with Crippen molar-refractivity contribution in [2.45, 2.75) is 26.7 Å². The van der Waals surface area contributed by atoms with Gasteiger partial charge in [0, 0.05) is 118 Å². The summed E-state index contributed by atoms with van der Waals surface area (Å²) in [5, 5.41) is 8.03. The third-order valence-corrected chi connectivity index (χ3v) is 5.74. The molecule has 0 atom stereocenters. The predicted octanol–water partition coefficient (Wildman–Crippen LogP) is -0.759. The van der Waals surface area contributed by atoms with Crippen LogP contribution in [0.5, 0.6) is 0 Å². The van der Waals surface area contributed by atoms with E-state index in [1.807, 2.05) is 0 Å². The largest absolute Gasteiger partial charge is 0.378 e. The minimum atomic E-state index is -0.759. The summed E-state index contributed by atoms with van der Waals surface area (Å²) >= 11 is 0. The van der Waals surface area contributed by atoms with Crippen molar-refractivity contribution in [1.82, 2.24) is 16.0 Å². The number of amides is 4. The Labute approximate surface area is 376 Å². The summed E-state index contributed by atoms with van der Waals surface area (Å²) < 4.78 is 52.3. The normalized spacial score (nSPS) is 10.7. The number of ether oxygens (including phenoxy) is 8. The molecule has 4 amide bonds. The first-order valence-electron chi connectivity index (χ1n) is 15.8. The summed E-state index contributed by atoms with van der Waals surface area (Å²) in [6, 6.07) is 0. The van der Waals surface area contributed by atoms with Crippen LogP contribution in [-0.4, -0.2) is 149 Å². The molecule has 0 aliphatic heterocycles. The Hall–Kier alpha value is 0.872. The van der Waals surface area contributed by atoms with Crippen LogP contribution in [0, 0.1) is 26.2 Å². The van der Waals surface area contributed by atoms with Crippen LogP contribution < -0.4 is 21.7 Å². The molecule has 0 aromatic carbocycles. The maximum atomic E-state index is 11.3. The minimum Gasteiger partial charge on any atom is -0.378 e. The summed E-state index contributed by atoms with van der Waals surface area (Å²) in [5.41, 5.74) is 0.980. The molecule has 16 nitrogen and oxygen atoms in total. The van der Waals surface area contributed by atoms with Gasteiger partial charge >= 0.3 is 0 Å². The van der Waals surface area contributed by atoms with Crippen molar-refractivity contribution < 1.29 is 157 Å². The molecule has 0 bridgehead atoms. The number of primary amides is 1. The zero-order valence-electron chi connectivity index (χ0n) is 29.8. The van der Waals surface area contributed by atoms with Crippen LogP contribution in [0.25, 0.3) is 0 Å². The zero-order chi connectivity index (χ0) is 34.9. The first kappa shape index (κ1) is 57.6. The molecule has 0 aromatic rings. The van der Waals surface area contributed by atoms with Gasteiger partial charge in [0.2, 0.25) is 5.91 Å². The quantitative estimate of drug-likeness (QED) is 0.0465. The smallest absolute Gasteiger partial charge is 0.243 e. The van der Waals surface area contributed by atoms with E-state index in [0.29, 0.717) is 59.3 Å². The molecule has 0 unspecified atom stereocenters. The van der Waals surface area contributed by atoms with Crippen molar-refractivity contribution in [2.75, 3.05) is 125 Å².